The molecule has 2 bridgehead atoms. The second kappa shape index (κ2) is 20.9. The lowest BCUT2D eigenvalue weighted by Crippen LogP contribution is -2.51. The molecular weight excluding hydrogens is 689 g/mol. The van der Waals surface area contributed by atoms with Gasteiger partial charge < -0.3 is 4.74 Å². The highest BCUT2D eigenvalue weighted by atomic mass is 16.5. The van der Waals surface area contributed by atoms with Gasteiger partial charge in [-0.2, -0.15) is 0 Å². The molecule has 4 aliphatic rings. The van der Waals surface area contributed by atoms with Crippen LogP contribution in [0.5, 0.6) is 0 Å². The maximum atomic E-state index is 14.8. The van der Waals surface area contributed by atoms with Gasteiger partial charge in [-0.1, -0.05) is 123 Å². The maximum Gasteiger partial charge on any atom is 0.204 e. The fraction of sp³-hybridized carbons (Fsp3) is 0.827. The van der Waals surface area contributed by atoms with Crippen LogP contribution in [0.25, 0.3) is 0 Å². The van der Waals surface area contributed by atoms with Crippen molar-refractivity contribution >= 4 is 17.3 Å². The number of methoxy groups -OCH3 is 1. The van der Waals surface area contributed by atoms with Crippen LogP contribution in [0, 0.1) is 82.3 Å². The predicted octanol–water partition coefficient (Wildman–Crippen LogP) is 13.6. The molecule has 0 N–H and O–H groups in total. The van der Waals surface area contributed by atoms with Crippen molar-refractivity contribution in [2.24, 2.45) is 82.3 Å². The number of hydrogen-bond acceptors (Lipinski definition) is 4. The molecular formula is C52H86O4. The number of ether oxygens (including phenoxy) is 1. The van der Waals surface area contributed by atoms with Crippen LogP contribution in [-0.4, -0.2) is 30.6 Å². The fourth-order valence-electron chi connectivity index (χ4n) is 12.6. The van der Waals surface area contributed by atoms with Crippen LogP contribution in [0.3, 0.4) is 0 Å². The molecule has 0 aliphatic heterocycles. The van der Waals surface area contributed by atoms with E-state index < -0.39 is 11.3 Å². The monoisotopic (exact) mass is 775 g/mol. The third-order valence-electron chi connectivity index (χ3n) is 16.9. The quantitative estimate of drug-likeness (QED) is 0.199. The van der Waals surface area contributed by atoms with Crippen molar-refractivity contribution < 1.29 is 19.1 Å². The van der Waals surface area contributed by atoms with Gasteiger partial charge in [0, 0.05) is 30.8 Å². The summed E-state index contributed by atoms with van der Waals surface area (Å²) in [6.45, 7) is 30.0. The first-order chi connectivity index (χ1) is 26.5. The molecule has 0 aromatic heterocycles. The molecule has 4 nitrogen and oxygen atoms in total. The van der Waals surface area contributed by atoms with Crippen LogP contribution < -0.4 is 0 Å². The van der Waals surface area contributed by atoms with E-state index in [9.17, 15) is 14.4 Å². The van der Waals surface area contributed by atoms with Crippen molar-refractivity contribution in [2.45, 2.75) is 185 Å². The Kier molecular flexibility index (Phi) is 17.5. The lowest BCUT2D eigenvalue weighted by Gasteiger charge is -2.49. The minimum atomic E-state index is -0.749. The van der Waals surface area contributed by atoms with E-state index >= 15 is 0 Å². The van der Waals surface area contributed by atoms with E-state index in [0.29, 0.717) is 48.9 Å². The molecule has 15 atom stereocenters. The molecule has 4 rings (SSSR count). The number of hydrogen-bond donors (Lipinski definition) is 0. The largest absolute Gasteiger partial charge is 0.381 e. The summed E-state index contributed by atoms with van der Waals surface area (Å²) in [5.74, 6) is 3.27. The molecule has 0 amide bonds. The minimum Gasteiger partial charge on any atom is -0.381 e. The summed E-state index contributed by atoms with van der Waals surface area (Å²) in [5, 5.41) is 0. The van der Waals surface area contributed by atoms with Gasteiger partial charge in [0.15, 0.2) is 0 Å². The average Bonchev–Trinajstić information content (AvgIpc) is 3.18. The van der Waals surface area contributed by atoms with Gasteiger partial charge in [-0.05, 0) is 150 Å². The van der Waals surface area contributed by atoms with Crippen LogP contribution in [0.15, 0.2) is 35.5 Å². The zero-order valence-electron chi connectivity index (χ0n) is 38.4. The van der Waals surface area contributed by atoms with Crippen molar-refractivity contribution in [3.8, 4) is 0 Å². The van der Waals surface area contributed by atoms with E-state index in [1.807, 2.05) is 7.11 Å². The molecule has 3 fully saturated rings. The molecule has 0 aromatic carbocycles. The van der Waals surface area contributed by atoms with Crippen molar-refractivity contribution in [3.63, 3.8) is 0 Å². The highest BCUT2D eigenvalue weighted by Crippen LogP contribution is 2.51. The smallest absolute Gasteiger partial charge is 0.204 e. The highest BCUT2D eigenvalue weighted by molar-refractivity contribution is 6.40. The van der Waals surface area contributed by atoms with E-state index in [4.69, 9.17) is 11.3 Å². The normalized spacial score (nSPS) is 43.0. The molecule has 0 radical (unpaired) electrons. The number of Topliss-reactive ketones (excluding diaryl/α,β-unsaturated/α-hetero) is 3. The molecule has 0 saturated heterocycles. The van der Waals surface area contributed by atoms with Gasteiger partial charge in [-0.3, -0.25) is 14.4 Å². The maximum absolute atomic E-state index is 14.8. The van der Waals surface area contributed by atoms with Crippen molar-refractivity contribution in [1.29, 1.82) is 0 Å². The number of allylic oxidation sites excluding steroid dienone is 5. The first-order valence-electron chi connectivity index (χ1n) is 23.7. The molecule has 4 aliphatic carbocycles. The summed E-state index contributed by atoms with van der Waals surface area (Å²) in [5.41, 5.74) is 3.33. The first kappa shape index (κ1) is 46.9. The Morgan fingerprint density at radius 3 is 2.12 bits per heavy atom. The van der Waals surface area contributed by atoms with Crippen molar-refractivity contribution in [2.75, 3.05) is 7.11 Å². The van der Waals surface area contributed by atoms with Gasteiger partial charge in [0.05, 0.1) is 6.10 Å². The van der Waals surface area contributed by atoms with Gasteiger partial charge in [-0.25, -0.2) is 0 Å². The van der Waals surface area contributed by atoms with E-state index in [1.165, 1.54) is 42.4 Å². The lowest BCUT2D eigenvalue weighted by molar-refractivity contribution is -0.153. The summed E-state index contributed by atoms with van der Waals surface area (Å²) in [7, 11) is 1.84. The minimum absolute atomic E-state index is 0.0352. The molecule has 318 valence electrons. The molecule has 56 heavy (non-hydrogen) atoms. The third kappa shape index (κ3) is 11.1. The van der Waals surface area contributed by atoms with Gasteiger partial charge >= 0.3 is 0 Å². The molecule has 0 heterocycles. The van der Waals surface area contributed by atoms with Crippen LogP contribution in [0.2, 0.25) is 0 Å². The Morgan fingerprint density at radius 1 is 0.839 bits per heavy atom. The predicted molar refractivity (Wildman–Crippen MR) is 235 cm³/mol. The third-order valence-corrected chi connectivity index (χ3v) is 16.9. The Labute approximate surface area is 345 Å². The highest BCUT2D eigenvalue weighted by Gasteiger charge is 2.53. The molecule has 8 unspecified atom stereocenters. The van der Waals surface area contributed by atoms with Gasteiger partial charge in [-0.15, -0.1) is 0 Å². The van der Waals surface area contributed by atoms with Crippen LogP contribution in [0.1, 0.15) is 179 Å². The molecule has 0 spiro atoms. The van der Waals surface area contributed by atoms with E-state index in [0.717, 1.165) is 69.6 Å². The zero-order chi connectivity index (χ0) is 41.5. The summed E-state index contributed by atoms with van der Waals surface area (Å²) in [6.07, 6.45) is 20.3. The van der Waals surface area contributed by atoms with Crippen molar-refractivity contribution in [1.82, 2.24) is 0 Å². The summed E-state index contributed by atoms with van der Waals surface area (Å²) < 4.78 is 6.34. The van der Waals surface area contributed by atoms with E-state index in [2.05, 4.69) is 88.3 Å². The second-order valence-corrected chi connectivity index (χ2v) is 20.7. The second-order valence-electron chi connectivity index (χ2n) is 20.7. The Balaban J connectivity index is 1.76. The van der Waals surface area contributed by atoms with Gasteiger partial charge in [0.25, 0.3) is 0 Å². The Hall–Kier alpha value is -1.81. The number of fused-ring (bicyclic) bond motifs is 3. The number of ketones is 3. The summed E-state index contributed by atoms with van der Waals surface area (Å²) in [6, 6.07) is 0. The van der Waals surface area contributed by atoms with Crippen molar-refractivity contribution in [3.05, 3.63) is 35.5 Å². The Morgan fingerprint density at radius 2 is 1.50 bits per heavy atom. The van der Waals surface area contributed by atoms with Gasteiger partial charge in [0.1, 0.15) is 5.78 Å². The van der Waals surface area contributed by atoms with Gasteiger partial charge in [0.2, 0.25) is 11.6 Å². The van der Waals surface area contributed by atoms with E-state index in [1.54, 1.807) is 0 Å². The fourth-order valence-corrected chi connectivity index (χ4v) is 12.6. The Bertz CT molecular complexity index is 1400. The zero-order valence-corrected chi connectivity index (χ0v) is 38.4. The van der Waals surface area contributed by atoms with Crippen LogP contribution in [-0.2, 0) is 19.1 Å². The molecule has 0 aromatic rings. The first-order valence-corrected chi connectivity index (χ1v) is 23.7. The molecule has 3 saturated carbocycles. The SMILES string of the molecule is C=C1CC(C)C(C)C(/C(C)=C/[C@@H]2CCC(C)[C@H](CC)C2)CC(=O)[C@@H]2CCCCC2C(=O)C(=O)[C@]2(C)CC([C@@H](CC)C[C@H]2C)[C@@H](OC)CC(C)C/C(C)=C/C1CC. The number of rotatable bonds is 6. The topological polar surface area (TPSA) is 60.4 Å². The molecule has 4 heteroatoms. The lowest BCUT2D eigenvalue weighted by atomic mass is 9.55. The standard InChI is InChI=1S/C52H86O4/c1-14-41-24-32(4)23-33(5)25-49(56-13)47-31-52(12,38(10)28-43(47)16-3)51(55)50(54)45-20-18-17-19-44(45)48(53)30-46(39(11)35(7)26-36(41)8)37(9)27-40-22-21-34(6)42(15-2)29-40/h24,27,33-35,38-47,49H,8,14-23,25-26,28-31H2,1-7,9-13H3/b32-24+,37-27+/t33?,34?,35?,38-,39?,40+,41?,42-,43+,44-,45?,46?,47?,49+,52-/m1/s1. The van der Waals surface area contributed by atoms with Crippen LogP contribution in [0.4, 0.5) is 0 Å². The summed E-state index contributed by atoms with van der Waals surface area (Å²) >= 11 is 0. The number of carbonyl (C=O) groups is 3. The number of carbonyl (C=O) groups excluding carboxylic acids is 3. The van der Waals surface area contributed by atoms with Crippen LogP contribution >= 0.6 is 0 Å². The summed E-state index contributed by atoms with van der Waals surface area (Å²) in [4.78, 5) is 44.3. The average molecular weight is 775 g/mol. The van der Waals surface area contributed by atoms with E-state index in [-0.39, 0.29) is 53.0 Å².